The Morgan fingerprint density at radius 2 is 0.620 bits per heavy atom. The fraction of sp³-hybridized carbons (Fsp3) is 0.533. The molecular weight excluding hydrogens is 1710 g/mol. The van der Waals surface area contributed by atoms with E-state index in [1.54, 1.807) is 124 Å². The van der Waals surface area contributed by atoms with Gasteiger partial charge in [-0.3, -0.25) is 14.4 Å². The van der Waals surface area contributed by atoms with Gasteiger partial charge in [0, 0.05) is 92.7 Å². The van der Waals surface area contributed by atoms with Gasteiger partial charge in [-0.15, -0.1) is 15.3 Å². The maximum absolute atomic E-state index is 13.6. The molecule has 15 heterocycles. The summed E-state index contributed by atoms with van der Waals surface area (Å²) >= 11 is 0. The van der Waals surface area contributed by atoms with Crippen LogP contribution in [0.1, 0.15) is 175 Å². The van der Waals surface area contributed by atoms with Gasteiger partial charge in [0.05, 0.1) is 74.6 Å². The summed E-state index contributed by atoms with van der Waals surface area (Å²) in [6, 6.07) is 28.7. The number of amides is 3. The lowest BCUT2D eigenvalue weighted by Crippen LogP contribution is -2.41. The lowest BCUT2D eigenvalue weighted by Gasteiger charge is -2.33. The Labute approximate surface area is 756 Å². The van der Waals surface area contributed by atoms with Crippen LogP contribution in [0.4, 0.5) is 34.9 Å². The summed E-state index contributed by atoms with van der Waals surface area (Å²) in [6.45, 7) is 44.2. The highest BCUT2D eigenvalue weighted by atomic mass is 32.2. The Morgan fingerprint density at radius 1 is 0.364 bits per heavy atom. The predicted molar refractivity (Wildman–Crippen MR) is 490 cm³/mol. The number of ether oxygens (including phenoxy) is 6. The van der Waals surface area contributed by atoms with E-state index in [1.165, 1.54) is 18.2 Å². The maximum atomic E-state index is 13.6. The normalized spacial score (nSPS) is 19.9. The lowest BCUT2D eigenvalue weighted by atomic mass is 9.86. The molecule has 6 aliphatic rings. The second-order valence-electron chi connectivity index (χ2n) is 37.3. The molecule has 12 bridgehead atoms. The van der Waals surface area contributed by atoms with Crippen molar-refractivity contribution in [2.24, 2.45) is 53.3 Å². The Hall–Kier alpha value is -11.1. The van der Waals surface area contributed by atoms with Crippen LogP contribution in [-0.2, 0) is 44.3 Å². The van der Waals surface area contributed by atoms with Crippen molar-refractivity contribution in [1.29, 1.82) is 0 Å². The highest BCUT2D eigenvalue weighted by Gasteiger charge is 2.46. The maximum Gasteiger partial charge on any atom is 0.281 e. The zero-order valence-electron chi connectivity index (χ0n) is 76.7. The second kappa shape index (κ2) is 39.7. The summed E-state index contributed by atoms with van der Waals surface area (Å²) < 4.78 is 127. The molecule has 0 radical (unpaired) electrons. The first-order chi connectivity index (χ1) is 61.0. The summed E-state index contributed by atoms with van der Waals surface area (Å²) in [7, 11) is -12.8. The quantitative estimate of drug-likeness (QED) is 0.0464. The average molecular weight is 1840 g/mol. The van der Waals surface area contributed by atoms with Crippen molar-refractivity contribution in [3.63, 3.8) is 0 Å². The number of fused-ring (bicyclic) bond motifs is 18. The summed E-state index contributed by atoms with van der Waals surface area (Å²) in [5.74, 6) is 6.55. The fourth-order valence-electron chi connectivity index (χ4n) is 17.3. The lowest BCUT2D eigenvalue weighted by molar-refractivity contribution is 0.0708. The third-order valence-electron chi connectivity index (χ3n) is 24.4. The molecule has 6 aliphatic heterocycles. The minimum atomic E-state index is -4.26. The van der Waals surface area contributed by atoms with E-state index < -0.39 is 64.4 Å². The van der Waals surface area contributed by atoms with Crippen molar-refractivity contribution in [3.8, 4) is 35.1 Å². The van der Waals surface area contributed by atoms with E-state index in [0.717, 1.165) is 0 Å². The van der Waals surface area contributed by atoms with Gasteiger partial charge in [0.1, 0.15) is 34.9 Å². The summed E-state index contributed by atoms with van der Waals surface area (Å²) in [6.07, 6.45) is 6.99. The number of rotatable bonds is 18. The van der Waals surface area contributed by atoms with Crippen molar-refractivity contribution in [2.45, 2.75) is 194 Å². The van der Waals surface area contributed by atoms with E-state index >= 15 is 0 Å². The first-order valence-corrected chi connectivity index (χ1v) is 48.6. The molecule has 9 aromatic heterocycles. The van der Waals surface area contributed by atoms with Crippen molar-refractivity contribution < 1.29 is 68.1 Å². The minimum absolute atomic E-state index is 0.116. The van der Waals surface area contributed by atoms with E-state index in [2.05, 4.69) is 185 Å². The van der Waals surface area contributed by atoms with E-state index in [1.807, 2.05) is 14.7 Å². The Morgan fingerprint density at radius 3 is 0.868 bits per heavy atom. The van der Waals surface area contributed by atoms with E-state index in [-0.39, 0.29) is 50.1 Å². The summed E-state index contributed by atoms with van der Waals surface area (Å²) in [4.78, 5) is 73.9. The van der Waals surface area contributed by atoms with Crippen LogP contribution in [0.15, 0.2) is 143 Å². The van der Waals surface area contributed by atoms with Gasteiger partial charge in [-0.1, -0.05) is 101 Å². The molecular formula is C90H123N21O15S3. The van der Waals surface area contributed by atoms with Crippen LogP contribution in [0, 0.1) is 53.3 Å². The predicted octanol–water partition coefficient (Wildman–Crippen LogP) is 11.7. The van der Waals surface area contributed by atoms with Crippen molar-refractivity contribution >= 4 is 82.7 Å². The topological polar surface area (TPSA) is 422 Å². The molecule has 15 rings (SSSR count). The van der Waals surface area contributed by atoms with E-state index in [4.69, 9.17) is 43.4 Å². The van der Waals surface area contributed by atoms with Crippen molar-refractivity contribution in [2.75, 3.05) is 110 Å². The molecule has 0 saturated carbocycles. The van der Waals surface area contributed by atoms with Gasteiger partial charge < -0.3 is 59.1 Å². The molecule has 6 N–H and O–H groups in total. The number of hydrogen-bond donors (Lipinski definition) is 6. The van der Waals surface area contributed by atoms with Gasteiger partial charge in [0.2, 0.25) is 17.6 Å². The molecule has 0 aromatic carbocycles. The zero-order valence-corrected chi connectivity index (χ0v) is 79.2. The summed E-state index contributed by atoms with van der Waals surface area (Å²) in [5, 5.41) is 22.2. The zero-order chi connectivity index (χ0) is 92.8. The SMILES string of the molecule is CC(C)C(COc1ccn(-c2ccc3c(n2)N2CC(CC2(C)C)OCCNc2cccc(n2)S(=O)(=O)NC3=O)n1)C(C)C.CC(C)C(COc1ccn(-c2ccc3c(n2)N2CC(CC2(C)C)OCCNc2cccc(n2)S(=O)(=O)NC3=O)n1)C(C)C.CC(C)C(COc1ccn(-c2ccc3c(n2)N2CC(CC2(C)C)OCCNc2cccc(n2)S(=O)(=O)NC3=O)n1)C(C)C. The first kappa shape index (κ1) is 95.5. The number of aromatic nitrogens is 12. The highest BCUT2D eigenvalue weighted by Crippen LogP contribution is 2.41. The molecule has 3 unspecified atom stereocenters. The van der Waals surface area contributed by atoms with Crippen LogP contribution in [0.5, 0.6) is 17.6 Å². The Bertz CT molecular complexity index is 5240. The molecule has 39 heteroatoms. The molecule has 3 saturated heterocycles. The Kier molecular flexibility index (Phi) is 29.4. The second-order valence-corrected chi connectivity index (χ2v) is 42.2. The van der Waals surface area contributed by atoms with Crippen LogP contribution in [-0.4, -0.2) is 216 Å². The van der Waals surface area contributed by atoms with Crippen LogP contribution in [0.2, 0.25) is 0 Å². The number of nitrogens with zero attached hydrogens (tertiary/aromatic N) is 15. The third-order valence-corrected chi connectivity index (χ3v) is 28.1. The van der Waals surface area contributed by atoms with Gasteiger partial charge in [0.25, 0.3) is 47.8 Å². The van der Waals surface area contributed by atoms with Crippen LogP contribution in [0.25, 0.3) is 17.5 Å². The van der Waals surface area contributed by atoms with Crippen LogP contribution >= 0.6 is 0 Å². The van der Waals surface area contributed by atoms with Crippen LogP contribution < -0.4 is 59.0 Å². The van der Waals surface area contributed by atoms with Gasteiger partial charge >= 0.3 is 0 Å². The van der Waals surface area contributed by atoms with Gasteiger partial charge in [-0.2, -0.15) is 25.3 Å². The Balaban J connectivity index is 0.000000165. The summed E-state index contributed by atoms with van der Waals surface area (Å²) in [5.41, 5.74) is -0.938. The number of nitrogens with one attached hydrogen (secondary N) is 6. The number of anilines is 6. The molecule has 0 spiro atoms. The molecule has 696 valence electrons. The largest absolute Gasteiger partial charge is 0.476 e. The highest BCUT2D eigenvalue weighted by molar-refractivity contribution is 7.90. The monoisotopic (exact) mass is 1830 g/mol. The number of sulfonamides is 3. The third kappa shape index (κ3) is 23.0. The van der Waals surface area contributed by atoms with Gasteiger partial charge in [0.15, 0.2) is 32.5 Å². The standard InChI is InChI=1S/3C30H41N7O5S/c3*1-19(2)23(20(3)4)18-42-26-12-14-37(34-26)25-11-10-22-28(33-25)36-17-21(16-30(36,5)6)41-15-13-31-24-8-7-9-27(32-24)43(39,40)35-29(22)38/h3*7-12,14,19-21,23H,13,15-18H2,1-6H3,(H,31,32)(H,35,38). The molecule has 3 atom stereocenters. The van der Waals surface area contributed by atoms with Crippen molar-refractivity contribution in [3.05, 3.63) is 144 Å². The minimum Gasteiger partial charge on any atom is -0.476 e. The van der Waals surface area contributed by atoms with Gasteiger partial charge in [-0.05, 0) is 187 Å². The molecule has 0 aliphatic carbocycles. The van der Waals surface area contributed by atoms with E-state index in [0.29, 0.717) is 221 Å². The van der Waals surface area contributed by atoms with Gasteiger partial charge in [-0.25, -0.2) is 58.1 Å². The number of carbonyl (C=O) groups excluding carboxylic acids is 3. The number of pyridine rings is 6. The molecule has 3 fully saturated rings. The first-order valence-electron chi connectivity index (χ1n) is 44.1. The van der Waals surface area contributed by atoms with Crippen LogP contribution in [0.3, 0.4) is 0 Å². The molecule has 129 heavy (non-hydrogen) atoms. The molecule has 9 aromatic rings. The van der Waals surface area contributed by atoms with E-state index in [9.17, 15) is 39.6 Å². The smallest absolute Gasteiger partial charge is 0.281 e. The molecule has 36 nitrogen and oxygen atoms in total. The number of hydrogen-bond acceptors (Lipinski definition) is 30. The molecule has 3 amide bonds. The number of carbonyl (C=O) groups is 3. The fourth-order valence-corrected chi connectivity index (χ4v) is 20.1. The average Bonchev–Trinajstić information content (AvgIpc) is 1.58. The van der Waals surface area contributed by atoms with Crippen molar-refractivity contribution in [1.82, 2.24) is 73.4 Å².